The Kier molecular flexibility index (Phi) is 5.98. The van der Waals surface area contributed by atoms with Crippen LogP contribution in [0.5, 0.6) is 11.5 Å². The third-order valence-corrected chi connectivity index (χ3v) is 5.10. The number of hydrogen-bond acceptors (Lipinski definition) is 4. The van der Waals surface area contributed by atoms with Gasteiger partial charge in [0.1, 0.15) is 28.8 Å². The van der Waals surface area contributed by atoms with Crippen molar-refractivity contribution >= 4 is 17.5 Å². The fourth-order valence-corrected chi connectivity index (χ4v) is 3.27. The van der Waals surface area contributed by atoms with E-state index < -0.39 is 23.4 Å². The number of hydrogen-bond donors (Lipinski definition) is 1. The molecule has 0 fully saturated rings. The number of nitrogens with zero attached hydrogens (tertiary/aromatic N) is 1. The molecule has 3 aromatic rings. The van der Waals surface area contributed by atoms with Crippen LogP contribution in [-0.2, 0) is 16.0 Å². The number of carbonyl (C=O) groups excluding carboxylic acids is 2. The number of carbonyl (C=O) groups is 2. The van der Waals surface area contributed by atoms with Crippen molar-refractivity contribution in [1.29, 1.82) is 0 Å². The van der Waals surface area contributed by atoms with E-state index in [4.69, 9.17) is 4.74 Å². The summed E-state index contributed by atoms with van der Waals surface area (Å²) in [6.07, 6.45) is 1.59. The van der Waals surface area contributed by atoms with Gasteiger partial charge in [0.05, 0.1) is 0 Å². The maximum absolute atomic E-state index is 13.8. The summed E-state index contributed by atoms with van der Waals surface area (Å²) in [5.41, 5.74) is 0.855. The van der Waals surface area contributed by atoms with E-state index in [0.29, 0.717) is 12.2 Å². The molecule has 3 aromatic carbocycles. The molecule has 0 saturated carbocycles. The first-order chi connectivity index (χ1) is 15.4. The lowest BCUT2D eigenvalue weighted by Gasteiger charge is -2.15. The zero-order chi connectivity index (χ0) is 22.7. The van der Waals surface area contributed by atoms with E-state index in [1.807, 2.05) is 54.6 Å². The average molecular weight is 434 g/mol. The summed E-state index contributed by atoms with van der Waals surface area (Å²) in [5, 5.41) is 2.64. The molecule has 0 radical (unpaired) electrons. The molecule has 5 nitrogen and oxygen atoms in total. The molecule has 162 valence electrons. The summed E-state index contributed by atoms with van der Waals surface area (Å²) in [5.74, 6) is -1.08. The number of anilines is 1. The minimum absolute atomic E-state index is 0.0238. The number of imide groups is 1. The molecule has 32 heavy (non-hydrogen) atoms. The first-order valence-electron chi connectivity index (χ1n) is 10.0. The van der Waals surface area contributed by atoms with Gasteiger partial charge in [0.25, 0.3) is 11.8 Å². The Morgan fingerprint density at radius 1 is 0.906 bits per heavy atom. The molecule has 0 spiro atoms. The fraction of sp³-hybridized carbons (Fsp3) is 0.120. The zero-order valence-electron chi connectivity index (χ0n) is 17.3. The predicted molar refractivity (Wildman–Crippen MR) is 116 cm³/mol. The first-order valence-corrected chi connectivity index (χ1v) is 10.0. The lowest BCUT2D eigenvalue weighted by molar-refractivity contribution is -0.137. The molecule has 1 N–H and O–H groups in total. The van der Waals surface area contributed by atoms with E-state index in [1.54, 1.807) is 0 Å². The topological polar surface area (TPSA) is 58.6 Å². The van der Waals surface area contributed by atoms with Crippen LogP contribution in [0.1, 0.15) is 11.1 Å². The van der Waals surface area contributed by atoms with E-state index in [-0.39, 0.29) is 23.5 Å². The van der Waals surface area contributed by atoms with Crippen LogP contribution in [-0.4, -0.2) is 23.3 Å². The Labute approximate surface area is 183 Å². The predicted octanol–water partition coefficient (Wildman–Crippen LogP) is 4.97. The van der Waals surface area contributed by atoms with Gasteiger partial charge in [-0.2, -0.15) is 0 Å². The van der Waals surface area contributed by atoms with Crippen LogP contribution < -0.4 is 10.1 Å². The van der Waals surface area contributed by atoms with Crippen molar-refractivity contribution in [3.63, 3.8) is 0 Å². The van der Waals surface area contributed by atoms with E-state index in [2.05, 4.69) is 5.32 Å². The van der Waals surface area contributed by atoms with Gasteiger partial charge in [0, 0.05) is 23.9 Å². The molecular weight excluding hydrogens is 414 g/mol. The maximum Gasteiger partial charge on any atom is 0.277 e. The van der Waals surface area contributed by atoms with Gasteiger partial charge in [0.2, 0.25) is 0 Å². The lowest BCUT2D eigenvalue weighted by Crippen LogP contribution is -2.33. The number of halogens is 2. The van der Waals surface area contributed by atoms with Gasteiger partial charge in [-0.1, -0.05) is 30.3 Å². The van der Waals surface area contributed by atoms with Gasteiger partial charge in [0.15, 0.2) is 0 Å². The quantitative estimate of drug-likeness (QED) is 0.534. The summed E-state index contributed by atoms with van der Waals surface area (Å²) in [6, 6.07) is 18.9. The standard InChI is InChI=1S/C25H20F2N2O3/c1-16-21(26)13-18(14-22(16)27)28-23-15-24(30)29(25(23)31)12-11-17-7-9-20(10-8-17)32-19-5-3-2-4-6-19/h2-10,13-15,28H,11-12H2,1H3. The van der Waals surface area contributed by atoms with Crippen LogP contribution >= 0.6 is 0 Å². The maximum atomic E-state index is 13.8. The van der Waals surface area contributed by atoms with Gasteiger partial charge >= 0.3 is 0 Å². The minimum Gasteiger partial charge on any atom is -0.457 e. The Hall–Kier alpha value is -4.00. The highest BCUT2D eigenvalue weighted by Gasteiger charge is 2.31. The van der Waals surface area contributed by atoms with Crippen LogP contribution in [0.3, 0.4) is 0 Å². The van der Waals surface area contributed by atoms with Gasteiger partial charge in [-0.25, -0.2) is 8.78 Å². The summed E-state index contributed by atoms with van der Waals surface area (Å²) in [4.78, 5) is 26.0. The first kappa shape index (κ1) is 21.2. The second-order valence-corrected chi connectivity index (χ2v) is 7.35. The highest BCUT2D eigenvalue weighted by Crippen LogP contribution is 2.23. The Balaban J connectivity index is 1.35. The average Bonchev–Trinajstić information content (AvgIpc) is 3.04. The van der Waals surface area contributed by atoms with Crippen LogP contribution in [0.2, 0.25) is 0 Å². The van der Waals surface area contributed by atoms with E-state index in [9.17, 15) is 18.4 Å². The number of para-hydroxylation sites is 1. The largest absolute Gasteiger partial charge is 0.457 e. The highest BCUT2D eigenvalue weighted by atomic mass is 19.1. The smallest absolute Gasteiger partial charge is 0.277 e. The normalized spacial score (nSPS) is 13.3. The van der Waals surface area contributed by atoms with Crippen molar-refractivity contribution in [3.8, 4) is 11.5 Å². The van der Waals surface area contributed by atoms with Crippen molar-refractivity contribution in [2.75, 3.05) is 11.9 Å². The molecule has 2 amide bonds. The van der Waals surface area contributed by atoms with Crippen LogP contribution in [0.15, 0.2) is 78.5 Å². The highest BCUT2D eigenvalue weighted by molar-refractivity contribution is 6.17. The molecule has 0 bridgehead atoms. The zero-order valence-corrected chi connectivity index (χ0v) is 17.3. The van der Waals surface area contributed by atoms with E-state index in [0.717, 1.165) is 34.4 Å². The molecule has 4 rings (SSSR count). The number of ether oxygens (including phenoxy) is 1. The third-order valence-electron chi connectivity index (χ3n) is 5.10. The molecule has 1 heterocycles. The van der Waals surface area contributed by atoms with E-state index in [1.165, 1.54) is 6.92 Å². The molecule has 0 aliphatic carbocycles. The summed E-state index contributed by atoms with van der Waals surface area (Å²) in [7, 11) is 0. The minimum atomic E-state index is -0.735. The lowest BCUT2D eigenvalue weighted by atomic mass is 10.1. The molecule has 0 saturated heterocycles. The van der Waals surface area contributed by atoms with Crippen molar-refractivity contribution in [2.24, 2.45) is 0 Å². The number of nitrogens with one attached hydrogen (secondary N) is 1. The molecule has 0 aromatic heterocycles. The van der Waals surface area contributed by atoms with Gasteiger partial charge in [-0.05, 0) is 55.3 Å². The molecule has 1 aliphatic rings. The van der Waals surface area contributed by atoms with Gasteiger partial charge < -0.3 is 10.1 Å². The van der Waals surface area contributed by atoms with Crippen LogP contribution in [0.4, 0.5) is 14.5 Å². The van der Waals surface area contributed by atoms with E-state index >= 15 is 0 Å². The second-order valence-electron chi connectivity index (χ2n) is 7.35. The van der Waals surface area contributed by atoms with Crippen molar-refractivity contribution in [3.05, 3.63) is 101 Å². The third kappa shape index (κ3) is 4.67. The van der Waals surface area contributed by atoms with Crippen molar-refractivity contribution < 1.29 is 23.1 Å². The number of amides is 2. The SMILES string of the molecule is Cc1c(F)cc(NC2=CC(=O)N(CCc3ccc(Oc4ccccc4)cc3)C2=O)cc1F. The van der Waals surface area contributed by atoms with Crippen molar-refractivity contribution in [1.82, 2.24) is 4.90 Å². The monoisotopic (exact) mass is 434 g/mol. The molecule has 0 unspecified atom stereocenters. The second kappa shape index (κ2) is 9.01. The summed E-state index contributed by atoms with van der Waals surface area (Å²) < 4.78 is 33.3. The summed E-state index contributed by atoms with van der Waals surface area (Å²) >= 11 is 0. The van der Waals surface area contributed by atoms with Gasteiger partial charge in [-0.3, -0.25) is 14.5 Å². The molecular formula is C25H20F2N2O3. The fourth-order valence-electron chi connectivity index (χ4n) is 3.27. The number of benzene rings is 3. The molecule has 1 aliphatic heterocycles. The summed E-state index contributed by atoms with van der Waals surface area (Å²) in [6.45, 7) is 1.49. The Morgan fingerprint density at radius 2 is 1.53 bits per heavy atom. The van der Waals surface area contributed by atoms with Gasteiger partial charge in [-0.15, -0.1) is 0 Å². The molecule has 0 atom stereocenters. The Bertz CT molecular complexity index is 1170. The van der Waals surface area contributed by atoms with Crippen LogP contribution in [0, 0.1) is 18.6 Å². The molecule has 7 heteroatoms. The number of rotatable bonds is 7. The Morgan fingerprint density at radius 3 is 2.19 bits per heavy atom. The van der Waals surface area contributed by atoms with Crippen LogP contribution in [0.25, 0.3) is 0 Å². The van der Waals surface area contributed by atoms with Crippen molar-refractivity contribution in [2.45, 2.75) is 13.3 Å².